The molecule has 0 spiro atoms. The van der Waals surface area contributed by atoms with Crippen LogP contribution in [0.25, 0.3) is 10.8 Å². The molecule has 0 amide bonds. The molecular formula is C16H17ClN3OS+. The van der Waals surface area contributed by atoms with E-state index in [1.807, 2.05) is 41.8 Å². The van der Waals surface area contributed by atoms with Gasteiger partial charge in [-0.2, -0.15) is 0 Å². The molecule has 0 bridgehead atoms. The maximum absolute atomic E-state index is 5.93. The van der Waals surface area contributed by atoms with Crippen molar-refractivity contribution in [3.05, 3.63) is 58.3 Å². The number of hydrogen-bond acceptors (Lipinski definition) is 4. The average Bonchev–Trinajstić information content (AvgIpc) is 3.19. The molecule has 2 heterocycles. The lowest BCUT2D eigenvalue weighted by Gasteiger charge is -2.14. The summed E-state index contributed by atoms with van der Waals surface area (Å²) in [7, 11) is 0. The first-order valence-electron chi connectivity index (χ1n) is 7.11. The van der Waals surface area contributed by atoms with E-state index in [1.165, 1.54) is 5.56 Å². The van der Waals surface area contributed by atoms with Crippen LogP contribution in [0.4, 0.5) is 0 Å². The predicted molar refractivity (Wildman–Crippen MR) is 87.8 cm³/mol. The Labute approximate surface area is 138 Å². The highest BCUT2D eigenvalue weighted by molar-refractivity contribution is 7.13. The Kier molecular flexibility index (Phi) is 4.57. The van der Waals surface area contributed by atoms with Gasteiger partial charge in [0.1, 0.15) is 6.04 Å². The third kappa shape index (κ3) is 3.38. The fourth-order valence-electron chi connectivity index (χ4n) is 2.31. The van der Waals surface area contributed by atoms with Gasteiger partial charge >= 0.3 is 0 Å². The zero-order valence-corrected chi connectivity index (χ0v) is 13.9. The van der Waals surface area contributed by atoms with Gasteiger partial charge in [0.15, 0.2) is 6.04 Å². The van der Waals surface area contributed by atoms with E-state index < -0.39 is 0 Å². The summed E-state index contributed by atoms with van der Waals surface area (Å²) in [6.45, 7) is 4.22. The number of halogens is 1. The van der Waals surface area contributed by atoms with Gasteiger partial charge in [-0.3, -0.25) is 0 Å². The number of aromatic nitrogens is 2. The molecule has 2 aromatic heterocycles. The van der Waals surface area contributed by atoms with Gasteiger partial charge in [0.2, 0.25) is 0 Å². The van der Waals surface area contributed by atoms with Crippen LogP contribution in [-0.2, 0) is 0 Å². The van der Waals surface area contributed by atoms with E-state index in [4.69, 9.17) is 16.0 Å². The summed E-state index contributed by atoms with van der Waals surface area (Å²) in [4.78, 5) is 0.997. The molecule has 2 N–H and O–H groups in total. The van der Waals surface area contributed by atoms with E-state index in [0.29, 0.717) is 11.8 Å². The van der Waals surface area contributed by atoms with Crippen LogP contribution in [0.5, 0.6) is 0 Å². The Hall–Kier alpha value is -1.69. The maximum Gasteiger partial charge on any atom is 0.274 e. The molecule has 4 nitrogen and oxygen atoms in total. The third-order valence-electron chi connectivity index (χ3n) is 3.54. The monoisotopic (exact) mass is 334 g/mol. The Balaban J connectivity index is 1.69. The molecule has 6 heteroatoms. The van der Waals surface area contributed by atoms with E-state index in [-0.39, 0.29) is 12.1 Å². The van der Waals surface area contributed by atoms with Crippen LogP contribution in [0.15, 0.2) is 46.2 Å². The Bertz CT molecular complexity index is 724. The van der Waals surface area contributed by atoms with E-state index >= 15 is 0 Å². The summed E-state index contributed by atoms with van der Waals surface area (Å²) in [6, 6.07) is 12.2. The van der Waals surface area contributed by atoms with E-state index in [1.54, 1.807) is 11.3 Å². The number of hydrogen-bond donors (Lipinski definition) is 1. The van der Waals surface area contributed by atoms with Crippen LogP contribution >= 0.6 is 22.9 Å². The number of benzene rings is 1. The van der Waals surface area contributed by atoms with Crippen molar-refractivity contribution in [2.24, 2.45) is 0 Å². The summed E-state index contributed by atoms with van der Waals surface area (Å²) in [5.74, 6) is 1.23. The largest absolute Gasteiger partial charge is 0.414 e. The molecule has 0 saturated carbocycles. The summed E-state index contributed by atoms with van der Waals surface area (Å²) in [5, 5.41) is 13.3. The summed E-state index contributed by atoms with van der Waals surface area (Å²) >= 11 is 7.52. The van der Waals surface area contributed by atoms with Gasteiger partial charge in [0.05, 0.1) is 4.88 Å². The standard InChI is InChI=1S/C16H16ClN3OS/c1-10(12-5-7-13(17)8-6-12)18-11(2)15-19-20-16(21-15)14-4-3-9-22-14/h3-11,18H,1-2H3/p+1/t10-,11-/m0/s1. The van der Waals surface area contributed by atoms with E-state index in [2.05, 4.69) is 29.4 Å². The zero-order valence-electron chi connectivity index (χ0n) is 12.4. The second-order valence-electron chi connectivity index (χ2n) is 5.24. The molecule has 0 aliphatic heterocycles. The first kappa shape index (κ1) is 15.2. The maximum atomic E-state index is 5.93. The van der Waals surface area contributed by atoms with Crippen molar-refractivity contribution in [1.82, 2.24) is 10.2 Å². The average molecular weight is 335 g/mol. The third-order valence-corrected chi connectivity index (χ3v) is 4.65. The predicted octanol–water partition coefficient (Wildman–Crippen LogP) is 3.84. The van der Waals surface area contributed by atoms with Gasteiger partial charge in [-0.1, -0.05) is 29.8 Å². The van der Waals surface area contributed by atoms with Crippen molar-refractivity contribution in [3.8, 4) is 10.8 Å². The number of rotatable bonds is 5. The van der Waals surface area contributed by atoms with Crippen molar-refractivity contribution in [2.45, 2.75) is 25.9 Å². The molecule has 114 valence electrons. The van der Waals surface area contributed by atoms with Crippen molar-refractivity contribution in [2.75, 3.05) is 0 Å². The minimum atomic E-state index is 0.0897. The first-order valence-corrected chi connectivity index (χ1v) is 8.37. The number of nitrogens with zero attached hydrogens (tertiary/aromatic N) is 2. The lowest BCUT2D eigenvalue weighted by Crippen LogP contribution is -2.85. The molecule has 0 aliphatic rings. The quantitative estimate of drug-likeness (QED) is 0.771. The summed E-state index contributed by atoms with van der Waals surface area (Å²) in [6.07, 6.45) is 0. The van der Waals surface area contributed by atoms with E-state index in [0.717, 1.165) is 9.90 Å². The fourth-order valence-corrected chi connectivity index (χ4v) is 3.08. The number of thiophene rings is 1. The molecule has 22 heavy (non-hydrogen) atoms. The second-order valence-corrected chi connectivity index (χ2v) is 6.63. The molecular weight excluding hydrogens is 318 g/mol. The highest BCUT2D eigenvalue weighted by atomic mass is 35.5. The highest BCUT2D eigenvalue weighted by Crippen LogP contribution is 2.24. The minimum Gasteiger partial charge on any atom is -0.414 e. The van der Waals surface area contributed by atoms with Gasteiger partial charge in [0.25, 0.3) is 11.8 Å². The Morgan fingerprint density at radius 2 is 1.86 bits per heavy atom. The van der Waals surface area contributed by atoms with Gasteiger partial charge in [0, 0.05) is 10.6 Å². The van der Waals surface area contributed by atoms with Crippen molar-refractivity contribution in [1.29, 1.82) is 0 Å². The van der Waals surface area contributed by atoms with Crippen molar-refractivity contribution < 1.29 is 9.73 Å². The number of nitrogens with two attached hydrogens (primary N) is 1. The smallest absolute Gasteiger partial charge is 0.274 e. The van der Waals surface area contributed by atoms with Crippen LogP contribution in [0, 0.1) is 0 Å². The van der Waals surface area contributed by atoms with Gasteiger partial charge < -0.3 is 9.73 Å². The summed E-state index contributed by atoms with van der Waals surface area (Å²) in [5.41, 5.74) is 1.22. The molecule has 0 fully saturated rings. The lowest BCUT2D eigenvalue weighted by molar-refractivity contribution is -0.730. The highest BCUT2D eigenvalue weighted by Gasteiger charge is 2.21. The van der Waals surface area contributed by atoms with Gasteiger partial charge in [-0.05, 0) is 37.4 Å². The first-order chi connectivity index (χ1) is 10.6. The molecule has 0 aliphatic carbocycles. The van der Waals surface area contributed by atoms with E-state index in [9.17, 15) is 0 Å². The van der Waals surface area contributed by atoms with Crippen molar-refractivity contribution in [3.63, 3.8) is 0 Å². The topological polar surface area (TPSA) is 55.5 Å². The molecule has 3 rings (SSSR count). The fraction of sp³-hybridized carbons (Fsp3) is 0.250. The molecule has 3 aromatic rings. The Morgan fingerprint density at radius 1 is 1.09 bits per heavy atom. The number of quaternary nitrogens is 1. The molecule has 0 saturated heterocycles. The van der Waals surface area contributed by atoms with Gasteiger partial charge in [-0.15, -0.1) is 21.5 Å². The van der Waals surface area contributed by atoms with Crippen molar-refractivity contribution >= 4 is 22.9 Å². The molecule has 0 unspecified atom stereocenters. The van der Waals surface area contributed by atoms with Crippen LogP contribution in [0.2, 0.25) is 5.02 Å². The van der Waals surface area contributed by atoms with Gasteiger partial charge in [-0.25, -0.2) is 0 Å². The minimum absolute atomic E-state index is 0.0897. The molecule has 0 radical (unpaired) electrons. The van der Waals surface area contributed by atoms with Crippen LogP contribution in [0.3, 0.4) is 0 Å². The molecule has 2 atom stereocenters. The summed E-state index contributed by atoms with van der Waals surface area (Å²) < 4.78 is 5.78. The normalized spacial score (nSPS) is 14.0. The SMILES string of the molecule is C[C@H]([NH2+][C@@H](C)c1nnc(-c2cccs2)o1)c1ccc(Cl)cc1. The van der Waals surface area contributed by atoms with Crippen LogP contribution in [-0.4, -0.2) is 10.2 Å². The Morgan fingerprint density at radius 3 is 2.55 bits per heavy atom. The zero-order chi connectivity index (χ0) is 15.5. The van der Waals surface area contributed by atoms with Crippen LogP contribution < -0.4 is 5.32 Å². The molecule has 1 aromatic carbocycles. The lowest BCUT2D eigenvalue weighted by atomic mass is 10.1. The second kappa shape index (κ2) is 6.60. The van der Waals surface area contributed by atoms with Crippen LogP contribution in [0.1, 0.15) is 37.4 Å².